The molecule has 0 spiro atoms. The fourth-order valence-corrected chi connectivity index (χ4v) is 3.06. The Hall–Kier alpha value is -0.160. The molecule has 2 rings (SSSR count). The van der Waals surface area contributed by atoms with Gasteiger partial charge in [-0.3, -0.25) is 0 Å². The number of nitrogens with zero attached hydrogens (tertiary/aromatic N) is 1. The highest BCUT2D eigenvalue weighted by Gasteiger charge is 2.34. The Morgan fingerprint density at radius 2 is 2.29 bits per heavy atom. The molecule has 4 heteroatoms. The zero-order valence-electron chi connectivity index (χ0n) is 11.4. The van der Waals surface area contributed by atoms with Crippen molar-refractivity contribution in [1.29, 1.82) is 0 Å². The quantitative estimate of drug-likeness (QED) is 0.788. The highest BCUT2D eigenvalue weighted by molar-refractivity contribution is 4.88. The Kier molecular flexibility index (Phi) is 4.42. The summed E-state index contributed by atoms with van der Waals surface area (Å²) in [6.45, 7) is 7.36. The first kappa shape index (κ1) is 13.3. The van der Waals surface area contributed by atoms with Gasteiger partial charge in [0, 0.05) is 32.2 Å². The van der Waals surface area contributed by atoms with Crippen molar-refractivity contribution in [2.24, 2.45) is 5.92 Å². The molecule has 4 nitrogen and oxygen atoms in total. The molecular weight excluding hydrogens is 216 g/mol. The van der Waals surface area contributed by atoms with E-state index in [9.17, 15) is 0 Å². The van der Waals surface area contributed by atoms with Crippen molar-refractivity contribution in [3.05, 3.63) is 0 Å². The second-order valence-electron chi connectivity index (χ2n) is 5.69. The smallest absolute Gasteiger partial charge is 0.0777 e. The lowest BCUT2D eigenvalue weighted by Crippen LogP contribution is -2.50. The third kappa shape index (κ3) is 3.19. The number of hydrogen-bond donors (Lipinski definition) is 1. The second-order valence-corrected chi connectivity index (χ2v) is 5.69. The van der Waals surface area contributed by atoms with E-state index in [1.165, 1.54) is 19.4 Å². The maximum atomic E-state index is 5.64. The molecule has 0 aromatic heterocycles. The van der Waals surface area contributed by atoms with Gasteiger partial charge in [-0.1, -0.05) is 0 Å². The van der Waals surface area contributed by atoms with Crippen molar-refractivity contribution >= 4 is 0 Å². The van der Waals surface area contributed by atoms with Crippen LogP contribution in [0, 0.1) is 5.92 Å². The molecule has 0 aromatic rings. The van der Waals surface area contributed by atoms with Crippen molar-refractivity contribution in [2.75, 3.05) is 47.0 Å². The van der Waals surface area contributed by atoms with Gasteiger partial charge in [0.05, 0.1) is 18.8 Å². The van der Waals surface area contributed by atoms with Crippen LogP contribution in [0.2, 0.25) is 0 Å². The van der Waals surface area contributed by atoms with E-state index in [4.69, 9.17) is 9.47 Å². The maximum absolute atomic E-state index is 5.64. The third-order valence-corrected chi connectivity index (χ3v) is 4.29. The molecule has 0 radical (unpaired) electrons. The van der Waals surface area contributed by atoms with Crippen LogP contribution in [0.5, 0.6) is 0 Å². The minimum absolute atomic E-state index is 0.0485. The molecule has 1 N–H and O–H groups in total. The SMILES string of the molecule is CNC1COCC1CN1CCCC(C)(OC)C1. The van der Waals surface area contributed by atoms with Gasteiger partial charge in [-0.25, -0.2) is 0 Å². The Balaban J connectivity index is 1.86. The summed E-state index contributed by atoms with van der Waals surface area (Å²) >= 11 is 0. The fourth-order valence-electron chi connectivity index (χ4n) is 3.06. The highest BCUT2D eigenvalue weighted by Crippen LogP contribution is 2.25. The predicted octanol–water partition coefficient (Wildman–Crippen LogP) is 0.722. The first-order valence-corrected chi connectivity index (χ1v) is 6.69. The molecule has 3 atom stereocenters. The van der Waals surface area contributed by atoms with Gasteiger partial charge in [0.2, 0.25) is 0 Å². The number of hydrogen-bond acceptors (Lipinski definition) is 4. The molecule has 0 bridgehead atoms. The third-order valence-electron chi connectivity index (χ3n) is 4.29. The topological polar surface area (TPSA) is 33.7 Å². The van der Waals surface area contributed by atoms with Gasteiger partial charge in [0.25, 0.3) is 0 Å². The van der Waals surface area contributed by atoms with E-state index in [-0.39, 0.29) is 5.60 Å². The monoisotopic (exact) mass is 242 g/mol. The average molecular weight is 242 g/mol. The number of likely N-dealkylation sites (N-methyl/N-ethyl adjacent to an activating group) is 1. The summed E-state index contributed by atoms with van der Waals surface area (Å²) in [5.41, 5.74) is 0.0485. The van der Waals surface area contributed by atoms with Crippen molar-refractivity contribution < 1.29 is 9.47 Å². The van der Waals surface area contributed by atoms with Crippen molar-refractivity contribution in [1.82, 2.24) is 10.2 Å². The van der Waals surface area contributed by atoms with E-state index in [1.807, 2.05) is 14.2 Å². The van der Waals surface area contributed by atoms with Crippen LogP contribution in [0.15, 0.2) is 0 Å². The van der Waals surface area contributed by atoms with Crippen LogP contribution in [-0.2, 0) is 9.47 Å². The maximum Gasteiger partial charge on any atom is 0.0777 e. The van der Waals surface area contributed by atoms with E-state index < -0.39 is 0 Å². The largest absolute Gasteiger partial charge is 0.379 e. The summed E-state index contributed by atoms with van der Waals surface area (Å²) in [5.74, 6) is 0.624. The second kappa shape index (κ2) is 5.65. The lowest BCUT2D eigenvalue weighted by molar-refractivity contribution is -0.0542. The molecule has 0 aliphatic carbocycles. The van der Waals surface area contributed by atoms with Crippen LogP contribution in [0.25, 0.3) is 0 Å². The molecular formula is C13H26N2O2. The van der Waals surface area contributed by atoms with Crippen LogP contribution < -0.4 is 5.32 Å². The molecule has 0 amide bonds. The van der Waals surface area contributed by atoms with E-state index in [2.05, 4.69) is 17.1 Å². The summed E-state index contributed by atoms with van der Waals surface area (Å²) < 4.78 is 11.2. The van der Waals surface area contributed by atoms with Crippen LogP contribution in [0.3, 0.4) is 0 Å². The van der Waals surface area contributed by atoms with Gasteiger partial charge in [0.15, 0.2) is 0 Å². The van der Waals surface area contributed by atoms with Gasteiger partial charge in [-0.2, -0.15) is 0 Å². The van der Waals surface area contributed by atoms with Crippen LogP contribution in [0.1, 0.15) is 19.8 Å². The van der Waals surface area contributed by atoms with Crippen molar-refractivity contribution in [2.45, 2.75) is 31.4 Å². The molecule has 3 unspecified atom stereocenters. The van der Waals surface area contributed by atoms with Crippen LogP contribution >= 0.6 is 0 Å². The summed E-state index contributed by atoms with van der Waals surface area (Å²) in [4.78, 5) is 2.54. The Labute approximate surface area is 105 Å². The predicted molar refractivity (Wildman–Crippen MR) is 68.2 cm³/mol. The lowest BCUT2D eigenvalue weighted by atomic mass is 9.93. The lowest BCUT2D eigenvalue weighted by Gasteiger charge is -2.40. The highest BCUT2D eigenvalue weighted by atomic mass is 16.5. The number of ether oxygens (including phenoxy) is 2. The molecule has 100 valence electrons. The van der Waals surface area contributed by atoms with E-state index >= 15 is 0 Å². The minimum Gasteiger partial charge on any atom is -0.379 e. The van der Waals surface area contributed by atoms with Gasteiger partial charge in [0.1, 0.15) is 0 Å². The summed E-state index contributed by atoms with van der Waals surface area (Å²) in [6, 6.07) is 0.519. The molecule has 2 fully saturated rings. The summed E-state index contributed by atoms with van der Waals surface area (Å²) in [6.07, 6.45) is 2.42. The van der Waals surface area contributed by atoms with E-state index in [0.717, 1.165) is 26.3 Å². The minimum atomic E-state index is 0.0485. The normalized spacial score (nSPS) is 39.7. The molecule has 0 aromatic carbocycles. The van der Waals surface area contributed by atoms with Gasteiger partial charge in [-0.05, 0) is 33.4 Å². The van der Waals surface area contributed by atoms with E-state index in [0.29, 0.717) is 12.0 Å². The number of methoxy groups -OCH3 is 1. The molecule has 0 saturated carbocycles. The van der Waals surface area contributed by atoms with E-state index in [1.54, 1.807) is 0 Å². The summed E-state index contributed by atoms with van der Waals surface area (Å²) in [7, 11) is 3.86. The van der Waals surface area contributed by atoms with Gasteiger partial charge in [-0.15, -0.1) is 0 Å². The first-order chi connectivity index (χ1) is 8.17. The average Bonchev–Trinajstić information content (AvgIpc) is 2.76. The van der Waals surface area contributed by atoms with Crippen molar-refractivity contribution in [3.63, 3.8) is 0 Å². The Morgan fingerprint density at radius 3 is 3.00 bits per heavy atom. The number of piperidine rings is 1. The number of nitrogens with one attached hydrogen (secondary N) is 1. The first-order valence-electron chi connectivity index (χ1n) is 6.69. The Morgan fingerprint density at radius 1 is 1.47 bits per heavy atom. The van der Waals surface area contributed by atoms with Crippen molar-refractivity contribution in [3.8, 4) is 0 Å². The van der Waals surface area contributed by atoms with Gasteiger partial charge >= 0.3 is 0 Å². The van der Waals surface area contributed by atoms with Gasteiger partial charge < -0.3 is 19.7 Å². The molecule has 2 heterocycles. The standard InChI is InChI=1S/C13H26N2O2/c1-13(16-3)5-4-6-15(10-13)7-11-8-17-9-12(11)14-2/h11-12,14H,4-10H2,1-3H3. The molecule has 2 aliphatic heterocycles. The number of likely N-dealkylation sites (tertiary alicyclic amines) is 1. The molecule has 17 heavy (non-hydrogen) atoms. The Bertz CT molecular complexity index is 250. The zero-order chi connectivity index (χ0) is 12.3. The fraction of sp³-hybridized carbons (Fsp3) is 1.00. The number of rotatable bonds is 4. The molecule has 2 aliphatic rings. The van der Waals surface area contributed by atoms with Crippen LogP contribution in [-0.4, -0.2) is 63.5 Å². The van der Waals surface area contributed by atoms with Crippen LogP contribution in [0.4, 0.5) is 0 Å². The molecule has 2 saturated heterocycles. The zero-order valence-corrected chi connectivity index (χ0v) is 11.4. The summed E-state index contributed by atoms with van der Waals surface area (Å²) in [5, 5.41) is 3.36.